The van der Waals surface area contributed by atoms with Crippen molar-refractivity contribution in [2.45, 2.75) is 11.3 Å². The Balaban J connectivity index is 1.33. The lowest BCUT2D eigenvalue weighted by Gasteiger charge is -2.06. The first-order valence-corrected chi connectivity index (χ1v) is 12.4. The number of carbonyl (C=O) groups excluding carboxylic acids is 1. The van der Waals surface area contributed by atoms with Crippen LogP contribution in [0.2, 0.25) is 0 Å². The molecule has 5 rings (SSSR count). The van der Waals surface area contributed by atoms with Crippen molar-refractivity contribution in [1.82, 2.24) is 25.1 Å². The molecule has 9 heteroatoms. The largest absolute Gasteiger partial charge is 0.311 e. The first kappa shape index (κ1) is 22.0. The lowest BCUT2D eigenvalue weighted by molar-refractivity contribution is -0.115. The first-order valence-electron chi connectivity index (χ1n) is 10.6. The summed E-state index contributed by atoms with van der Waals surface area (Å²) in [5.41, 5.74) is 2.70. The second kappa shape index (κ2) is 10.4. The Kier molecular flexibility index (Phi) is 6.73. The van der Waals surface area contributed by atoms with E-state index in [1.807, 2.05) is 72.8 Å². The van der Waals surface area contributed by atoms with Gasteiger partial charge in [-0.25, -0.2) is 15.0 Å². The minimum absolute atomic E-state index is 0.0699. The van der Waals surface area contributed by atoms with Gasteiger partial charge in [0, 0.05) is 34.4 Å². The average Bonchev–Trinajstić information content (AvgIpc) is 3.56. The maximum atomic E-state index is 12.5. The van der Waals surface area contributed by atoms with Crippen LogP contribution in [0.4, 0.5) is 5.82 Å². The number of aromatic nitrogens is 5. The van der Waals surface area contributed by atoms with Crippen LogP contribution in [0, 0.1) is 0 Å². The van der Waals surface area contributed by atoms with Crippen molar-refractivity contribution < 1.29 is 4.79 Å². The smallest absolute Gasteiger partial charge is 0.226 e. The number of hydrogen-bond donors (Lipinski definition) is 2. The maximum Gasteiger partial charge on any atom is 0.226 e. The molecule has 0 fully saturated rings. The van der Waals surface area contributed by atoms with Crippen LogP contribution in [-0.4, -0.2) is 36.8 Å². The number of nitrogens with one attached hydrogen (secondary N) is 2. The molecule has 0 bridgehead atoms. The summed E-state index contributed by atoms with van der Waals surface area (Å²) >= 11 is 3.17. The van der Waals surface area contributed by atoms with Crippen LogP contribution in [0.3, 0.4) is 0 Å². The molecular formula is C25H20N6OS2. The minimum atomic E-state index is -0.0699. The third-order valence-corrected chi connectivity index (χ3v) is 7.04. The molecule has 168 valence electrons. The van der Waals surface area contributed by atoms with Gasteiger partial charge in [0.2, 0.25) is 5.91 Å². The van der Waals surface area contributed by atoms with E-state index in [2.05, 4.69) is 25.5 Å². The van der Waals surface area contributed by atoms with Crippen LogP contribution in [-0.2, 0) is 4.79 Å². The molecule has 2 aromatic carbocycles. The lowest BCUT2D eigenvalue weighted by atomic mass is 10.1. The van der Waals surface area contributed by atoms with Crippen molar-refractivity contribution in [3.63, 3.8) is 0 Å². The average molecular weight is 485 g/mol. The topological polar surface area (TPSA) is 96.5 Å². The van der Waals surface area contributed by atoms with Crippen molar-refractivity contribution in [2.75, 3.05) is 11.1 Å². The molecule has 0 saturated carbocycles. The molecule has 3 heterocycles. The number of thiazole rings is 1. The van der Waals surface area contributed by atoms with E-state index in [4.69, 9.17) is 4.98 Å². The Hall–Kier alpha value is -3.82. The molecule has 1 amide bonds. The molecule has 34 heavy (non-hydrogen) atoms. The number of amides is 1. The van der Waals surface area contributed by atoms with E-state index < -0.39 is 0 Å². The monoisotopic (exact) mass is 484 g/mol. The van der Waals surface area contributed by atoms with Gasteiger partial charge in [0.05, 0.1) is 10.6 Å². The Morgan fingerprint density at radius 2 is 1.76 bits per heavy atom. The standard InChI is InChI=1S/C25H20N6OS2/c32-21(12-14-33-19-9-5-2-6-10-19)29-20-15-18(11-13-26-20)25-30-22(17-7-3-1-4-8-17)23(34-25)24-27-16-28-31-24/h1-11,13,15-16H,12,14H2,(H,26,29,32)(H,27,28,31). The first-order chi connectivity index (χ1) is 16.8. The zero-order valence-electron chi connectivity index (χ0n) is 18.0. The number of H-pyrrole nitrogens is 1. The van der Waals surface area contributed by atoms with E-state index in [0.717, 1.165) is 31.6 Å². The molecule has 3 aromatic heterocycles. The highest BCUT2D eigenvalue weighted by Crippen LogP contribution is 2.39. The number of anilines is 1. The van der Waals surface area contributed by atoms with Crippen molar-refractivity contribution >= 4 is 34.8 Å². The van der Waals surface area contributed by atoms with E-state index in [1.54, 1.807) is 18.0 Å². The van der Waals surface area contributed by atoms with Gasteiger partial charge in [-0.1, -0.05) is 48.5 Å². The molecule has 0 aliphatic rings. The summed E-state index contributed by atoms with van der Waals surface area (Å²) in [6.45, 7) is 0. The quantitative estimate of drug-likeness (QED) is 0.271. The van der Waals surface area contributed by atoms with Gasteiger partial charge >= 0.3 is 0 Å². The lowest BCUT2D eigenvalue weighted by Crippen LogP contribution is -2.13. The number of benzene rings is 2. The van der Waals surface area contributed by atoms with Crippen molar-refractivity contribution in [2.24, 2.45) is 0 Å². The fourth-order valence-corrected chi connectivity index (χ4v) is 5.23. The second-order valence-corrected chi connectivity index (χ2v) is 9.45. The van der Waals surface area contributed by atoms with E-state index in [-0.39, 0.29) is 5.91 Å². The highest BCUT2D eigenvalue weighted by Gasteiger charge is 2.18. The number of rotatable bonds is 8. The summed E-state index contributed by atoms with van der Waals surface area (Å²) in [6.07, 6.45) is 3.57. The highest BCUT2D eigenvalue weighted by atomic mass is 32.2. The summed E-state index contributed by atoms with van der Waals surface area (Å²) in [5.74, 6) is 1.80. The fourth-order valence-electron chi connectivity index (χ4n) is 3.33. The van der Waals surface area contributed by atoms with E-state index in [0.29, 0.717) is 23.8 Å². The molecule has 0 spiro atoms. The number of hydrogen-bond acceptors (Lipinski definition) is 7. The molecule has 0 radical (unpaired) electrons. The van der Waals surface area contributed by atoms with Crippen molar-refractivity contribution in [1.29, 1.82) is 0 Å². The van der Waals surface area contributed by atoms with Gasteiger partial charge in [0.25, 0.3) is 0 Å². The summed E-state index contributed by atoms with van der Waals surface area (Å²) in [5, 5.41) is 10.6. The molecule has 0 atom stereocenters. The van der Waals surface area contributed by atoms with Gasteiger partial charge in [-0.05, 0) is 24.3 Å². The Morgan fingerprint density at radius 3 is 2.53 bits per heavy atom. The van der Waals surface area contributed by atoms with Gasteiger partial charge in [-0.2, -0.15) is 5.10 Å². The van der Waals surface area contributed by atoms with Crippen molar-refractivity contribution in [3.8, 4) is 32.5 Å². The van der Waals surface area contributed by atoms with Gasteiger partial charge in [0.15, 0.2) is 5.82 Å². The number of nitrogens with zero attached hydrogens (tertiary/aromatic N) is 4. The molecule has 0 aliphatic carbocycles. The predicted molar refractivity (Wildman–Crippen MR) is 137 cm³/mol. The Morgan fingerprint density at radius 1 is 0.971 bits per heavy atom. The molecule has 5 aromatic rings. The van der Waals surface area contributed by atoms with Gasteiger partial charge < -0.3 is 5.32 Å². The van der Waals surface area contributed by atoms with Crippen LogP contribution >= 0.6 is 23.1 Å². The molecule has 2 N–H and O–H groups in total. The van der Waals surface area contributed by atoms with E-state index >= 15 is 0 Å². The molecular weight excluding hydrogens is 464 g/mol. The summed E-state index contributed by atoms with van der Waals surface area (Å²) in [7, 11) is 0. The van der Waals surface area contributed by atoms with E-state index in [1.165, 1.54) is 17.7 Å². The maximum absolute atomic E-state index is 12.5. The SMILES string of the molecule is O=C(CCSc1ccccc1)Nc1cc(-c2nc(-c3ccccc3)c(-c3ncn[nH]3)s2)ccn1. The van der Waals surface area contributed by atoms with Gasteiger partial charge in [0.1, 0.15) is 17.2 Å². The number of pyridine rings is 1. The van der Waals surface area contributed by atoms with E-state index in [9.17, 15) is 4.79 Å². The van der Waals surface area contributed by atoms with Gasteiger partial charge in [-0.3, -0.25) is 9.89 Å². The van der Waals surface area contributed by atoms with Crippen molar-refractivity contribution in [3.05, 3.63) is 85.3 Å². The minimum Gasteiger partial charge on any atom is -0.311 e. The van der Waals surface area contributed by atoms with Crippen LogP contribution < -0.4 is 5.32 Å². The summed E-state index contributed by atoms with van der Waals surface area (Å²) in [4.78, 5) is 28.0. The molecule has 7 nitrogen and oxygen atoms in total. The summed E-state index contributed by atoms with van der Waals surface area (Å²) < 4.78 is 0. The highest BCUT2D eigenvalue weighted by molar-refractivity contribution is 7.99. The predicted octanol–water partition coefficient (Wildman–Crippen LogP) is 5.78. The number of thioether (sulfide) groups is 1. The van der Waals surface area contributed by atoms with Crippen LogP contribution in [0.15, 0.2) is 90.2 Å². The van der Waals surface area contributed by atoms with Crippen LogP contribution in [0.25, 0.3) is 32.5 Å². The Labute approximate surface area is 204 Å². The molecule has 0 saturated heterocycles. The zero-order valence-corrected chi connectivity index (χ0v) is 19.6. The second-order valence-electron chi connectivity index (χ2n) is 7.29. The normalized spacial score (nSPS) is 10.8. The Bertz CT molecular complexity index is 1370. The summed E-state index contributed by atoms with van der Waals surface area (Å²) in [6, 6.07) is 23.8. The van der Waals surface area contributed by atoms with Crippen LogP contribution in [0.1, 0.15) is 6.42 Å². The third kappa shape index (κ3) is 5.22. The fraction of sp³-hybridized carbons (Fsp3) is 0.0800. The molecule has 0 unspecified atom stereocenters. The van der Waals surface area contributed by atoms with Crippen LogP contribution in [0.5, 0.6) is 0 Å². The third-order valence-electron chi connectivity index (χ3n) is 4.92. The zero-order chi connectivity index (χ0) is 23.2. The van der Waals surface area contributed by atoms with Gasteiger partial charge in [-0.15, -0.1) is 23.1 Å². The number of aromatic amines is 1. The number of carbonyl (C=O) groups is 1. The molecule has 0 aliphatic heterocycles.